The Bertz CT molecular complexity index is 463. The standard InChI is InChI=1S/C11H15N5/c1-2-3-16-11(8-14-15-16)10-4-9(5-12)6-13-7-10/h4,6-8H,2-3,5,12H2,1H3. The Labute approximate surface area is 94.3 Å². The van der Waals surface area contributed by atoms with Gasteiger partial charge in [-0.2, -0.15) is 0 Å². The highest BCUT2D eigenvalue weighted by atomic mass is 15.4. The molecule has 16 heavy (non-hydrogen) atoms. The summed E-state index contributed by atoms with van der Waals surface area (Å²) in [5.74, 6) is 0. The fraction of sp³-hybridized carbons (Fsp3) is 0.364. The maximum absolute atomic E-state index is 5.59. The highest BCUT2D eigenvalue weighted by Crippen LogP contribution is 2.18. The molecule has 2 aromatic rings. The van der Waals surface area contributed by atoms with Crippen LogP contribution in [0.3, 0.4) is 0 Å². The molecular weight excluding hydrogens is 202 g/mol. The molecule has 0 fully saturated rings. The van der Waals surface area contributed by atoms with Crippen LogP contribution >= 0.6 is 0 Å². The lowest BCUT2D eigenvalue weighted by molar-refractivity contribution is 0.584. The summed E-state index contributed by atoms with van der Waals surface area (Å²) in [4.78, 5) is 4.16. The summed E-state index contributed by atoms with van der Waals surface area (Å²) in [6.45, 7) is 3.47. The van der Waals surface area contributed by atoms with Gasteiger partial charge in [-0.15, -0.1) is 5.10 Å². The molecule has 2 heterocycles. The number of pyridine rings is 1. The topological polar surface area (TPSA) is 69.6 Å². The smallest absolute Gasteiger partial charge is 0.0901 e. The highest BCUT2D eigenvalue weighted by Gasteiger charge is 2.06. The van der Waals surface area contributed by atoms with Gasteiger partial charge in [0.25, 0.3) is 0 Å². The monoisotopic (exact) mass is 217 g/mol. The third-order valence-corrected chi connectivity index (χ3v) is 2.38. The summed E-state index contributed by atoms with van der Waals surface area (Å²) in [5, 5.41) is 7.97. The number of nitrogens with two attached hydrogens (primary N) is 1. The average Bonchev–Trinajstić information content (AvgIpc) is 2.78. The van der Waals surface area contributed by atoms with E-state index in [9.17, 15) is 0 Å². The Morgan fingerprint density at radius 1 is 1.31 bits per heavy atom. The van der Waals surface area contributed by atoms with Crippen molar-refractivity contribution in [2.45, 2.75) is 26.4 Å². The van der Waals surface area contributed by atoms with Gasteiger partial charge in [0, 0.05) is 31.0 Å². The van der Waals surface area contributed by atoms with Crippen molar-refractivity contribution in [3.05, 3.63) is 30.2 Å². The third kappa shape index (κ3) is 2.09. The fourth-order valence-electron chi connectivity index (χ4n) is 1.60. The molecule has 0 aliphatic carbocycles. The van der Waals surface area contributed by atoms with Crippen LogP contribution in [0.1, 0.15) is 18.9 Å². The number of nitrogens with zero attached hydrogens (tertiary/aromatic N) is 4. The van der Waals surface area contributed by atoms with Crippen molar-refractivity contribution in [1.29, 1.82) is 0 Å². The molecule has 0 atom stereocenters. The molecule has 0 radical (unpaired) electrons. The summed E-state index contributed by atoms with van der Waals surface area (Å²) in [6.07, 6.45) is 6.37. The summed E-state index contributed by atoms with van der Waals surface area (Å²) < 4.78 is 1.89. The van der Waals surface area contributed by atoms with E-state index < -0.39 is 0 Å². The van der Waals surface area contributed by atoms with E-state index in [1.165, 1.54) is 0 Å². The molecular formula is C11H15N5. The predicted octanol–water partition coefficient (Wildman–Crippen LogP) is 1.21. The van der Waals surface area contributed by atoms with Gasteiger partial charge in [0.15, 0.2) is 0 Å². The predicted molar refractivity (Wildman–Crippen MR) is 61.4 cm³/mol. The first kappa shape index (κ1) is 10.8. The van der Waals surface area contributed by atoms with Crippen molar-refractivity contribution >= 4 is 0 Å². The summed E-state index contributed by atoms with van der Waals surface area (Å²) >= 11 is 0. The summed E-state index contributed by atoms with van der Waals surface area (Å²) in [5.41, 5.74) is 8.61. The van der Waals surface area contributed by atoms with E-state index in [0.29, 0.717) is 6.54 Å². The number of aryl methyl sites for hydroxylation is 1. The van der Waals surface area contributed by atoms with Crippen molar-refractivity contribution in [2.75, 3.05) is 0 Å². The van der Waals surface area contributed by atoms with Gasteiger partial charge in [0.1, 0.15) is 0 Å². The second kappa shape index (κ2) is 4.85. The lowest BCUT2D eigenvalue weighted by Gasteiger charge is -2.05. The van der Waals surface area contributed by atoms with E-state index in [-0.39, 0.29) is 0 Å². The number of hydrogen-bond acceptors (Lipinski definition) is 4. The minimum Gasteiger partial charge on any atom is -0.326 e. The largest absolute Gasteiger partial charge is 0.326 e. The molecule has 0 amide bonds. The molecule has 2 aromatic heterocycles. The van der Waals surface area contributed by atoms with Crippen LogP contribution in [0, 0.1) is 0 Å². The molecule has 2 N–H and O–H groups in total. The Balaban J connectivity index is 2.37. The van der Waals surface area contributed by atoms with Crippen LogP contribution in [0.4, 0.5) is 0 Å². The van der Waals surface area contributed by atoms with Gasteiger partial charge >= 0.3 is 0 Å². The first-order valence-electron chi connectivity index (χ1n) is 5.38. The van der Waals surface area contributed by atoms with Crippen molar-refractivity contribution in [3.8, 4) is 11.3 Å². The number of aromatic nitrogens is 4. The van der Waals surface area contributed by atoms with Crippen LogP contribution in [0.15, 0.2) is 24.7 Å². The van der Waals surface area contributed by atoms with Gasteiger partial charge in [-0.25, -0.2) is 4.68 Å². The van der Waals surface area contributed by atoms with Crippen molar-refractivity contribution in [2.24, 2.45) is 5.73 Å². The zero-order valence-corrected chi connectivity index (χ0v) is 9.30. The molecule has 0 unspecified atom stereocenters. The van der Waals surface area contributed by atoms with E-state index >= 15 is 0 Å². The zero-order valence-electron chi connectivity index (χ0n) is 9.30. The Morgan fingerprint density at radius 2 is 2.19 bits per heavy atom. The molecule has 5 nitrogen and oxygen atoms in total. The SMILES string of the molecule is CCCn1nncc1-c1cncc(CN)c1. The zero-order chi connectivity index (χ0) is 11.4. The average molecular weight is 217 g/mol. The molecule has 0 saturated heterocycles. The van der Waals surface area contributed by atoms with Gasteiger partial charge in [0.2, 0.25) is 0 Å². The second-order valence-electron chi connectivity index (χ2n) is 3.63. The Hall–Kier alpha value is -1.75. The van der Waals surface area contributed by atoms with Crippen LogP contribution in [0.5, 0.6) is 0 Å². The first-order chi connectivity index (χ1) is 7.85. The van der Waals surface area contributed by atoms with Gasteiger partial charge in [-0.3, -0.25) is 4.98 Å². The lowest BCUT2D eigenvalue weighted by Crippen LogP contribution is -2.03. The minimum atomic E-state index is 0.496. The summed E-state index contributed by atoms with van der Waals surface area (Å²) in [7, 11) is 0. The van der Waals surface area contributed by atoms with Crippen LogP contribution in [0.25, 0.3) is 11.3 Å². The molecule has 0 spiro atoms. The first-order valence-corrected chi connectivity index (χ1v) is 5.38. The highest BCUT2D eigenvalue weighted by molar-refractivity contribution is 5.57. The molecule has 0 aromatic carbocycles. The van der Waals surface area contributed by atoms with E-state index in [0.717, 1.165) is 29.8 Å². The molecule has 0 aliphatic rings. The maximum atomic E-state index is 5.59. The molecule has 0 aliphatic heterocycles. The van der Waals surface area contributed by atoms with E-state index in [2.05, 4.69) is 22.2 Å². The Morgan fingerprint density at radius 3 is 2.94 bits per heavy atom. The summed E-state index contributed by atoms with van der Waals surface area (Å²) in [6, 6.07) is 2.03. The van der Waals surface area contributed by atoms with Crippen LogP contribution in [-0.2, 0) is 13.1 Å². The minimum absolute atomic E-state index is 0.496. The molecule has 0 saturated carbocycles. The molecule has 5 heteroatoms. The van der Waals surface area contributed by atoms with Crippen LogP contribution < -0.4 is 5.73 Å². The molecule has 0 bridgehead atoms. The van der Waals surface area contributed by atoms with Crippen molar-refractivity contribution in [3.63, 3.8) is 0 Å². The van der Waals surface area contributed by atoms with Gasteiger partial charge < -0.3 is 5.73 Å². The lowest BCUT2D eigenvalue weighted by atomic mass is 10.1. The van der Waals surface area contributed by atoms with Crippen LogP contribution in [0.2, 0.25) is 0 Å². The second-order valence-corrected chi connectivity index (χ2v) is 3.63. The van der Waals surface area contributed by atoms with Crippen molar-refractivity contribution < 1.29 is 0 Å². The Kier molecular flexibility index (Phi) is 3.26. The number of hydrogen-bond donors (Lipinski definition) is 1. The van der Waals surface area contributed by atoms with E-state index in [4.69, 9.17) is 5.73 Å². The van der Waals surface area contributed by atoms with Crippen molar-refractivity contribution in [1.82, 2.24) is 20.0 Å². The quantitative estimate of drug-likeness (QED) is 0.835. The molecule has 84 valence electrons. The molecule has 2 rings (SSSR count). The van der Waals surface area contributed by atoms with E-state index in [1.807, 2.05) is 16.9 Å². The normalized spacial score (nSPS) is 10.6. The number of rotatable bonds is 4. The van der Waals surface area contributed by atoms with Gasteiger partial charge in [0.05, 0.1) is 11.9 Å². The van der Waals surface area contributed by atoms with E-state index in [1.54, 1.807) is 12.4 Å². The maximum Gasteiger partial charge on any atom is 0.0901 e. The van der Waals surface area contributed by atoms with Gasteiger partial charge in [-0.05, 0) is 18.1 Å². The third-order valence-electron chi connectivity index (χ3n) is 2.38. The fourth-order valence-corrected chi connectivity index (χ4v) is 1.60. The van der Waals surface area contributed by atoms with Gasteiger partial charge in [-0.1, -0.05) is 12.1 Å². The van der Waals surface area contributed by atoms with Crippen LogP contribution in [-0.4, -0.2) is 20.0 Å².